The van der Waals surface area contributed by atoms with Gasteiger partial charge in [0.05, 0.1) is 0 Å². The van der Waals surface area contributed by atoms with E-state index in [0.717, 1.165) is 19.4 Å². The molecule has 1 aliphatic heterocycles. The molecule has 2 N–H and O–H groups in total. The van der Waals surface area contributed by atoms with Crippen LogP contribution in [0.25, 0.3) is 0 Å². The molecule has 2 saturated carbocycles. The fourth-order valence-electron chi connectivity index (χ4n) is 5.57. The molecule has 2 aliphatic carbocycles. The molecule has 3 rings (SSSR count). The maximum Gasteiger partial charge on any atom is 0.226 e. The molecule has 3 aliphatic rings. The van der Waals surface area contributed by atoms with Gasteiger partial charge in [0.15, 0.2) is 0 Å². The zero-order valence-electron chi connectivity index (χ0n) is 13.7. The van der Waals surface area contributed by atoms with Crippen molar-refractivity contribution >= 4 is 18.3 Å². The first-order chi connectivity index (χ1) is 9.34. The molecular weight excluding hydrogens is 284 g/mol. The minimum atomic E-state index is 0. The van der Waals surface area contributed by atoms with Gasteiger partial charge in [-0.1, -0.05) is 27.2 Å². The Morgan fingerprint density at radius 2 is 1.95 bits per heavy atom. The third-order valence-electron chi connectivity index (χ3n) is 5.98. The summed E-state index contributed by atoms with van der Waals surface area (Å²) >= 11 is 0. The highest BCUT2D eigenvalue weighted by molar-refractivity contribution is 5.85. The molecule has 0 aromatic rings. The van der Waals surface area contributed by atoms with E-state index in [1.807, 2.05) is 0 Å². The van der Waals surface area contributed by atoms with Crippen molar-refractivity contribution in [3.63, 3.8) is 0 Å². The molecule has 4 heteroatoms. The normalized spacial score (nSPS) is 41.0. The summed E-state index contributed by atoms with van der Waals surface area (Å²) in [4.78, 5) is 15.2. The van der Waals surface area contributed by atoms with E-state index in [9.17, 15) is 4.79 Å². The predicted octanol–water partition coefficient (Wildman–Crippen LogP) is 3.21. The molecule has 2 bridgehead atoms. The average Bonchev–Trinajstić information content (AvgIpc) is 2.89. The van der Waals surface area contributed by atoms with Gasteiger partial charge in [0, 0.05) is 18.5 Å². The lowest BCUT2D eigenvalue weighted by molar-refractivity contribution is -0.137. The first kappa shape index (κ1) is 17.1. The zero-order chi connectivity index (χ0) is 14.5. The second kappa shape index (κ2) is 5.73. The summed E-state index contributed by atoms with van der Waals surface area (Å²) in [6, 6.07) is 0.482. The number of nitrogens with two attached hydrogens (primary N) is 1. The summed E-state index contributed by atoms with van der Waals surface area (Å²) in [5, 5.41) is 0. The van der Waals surface area contributed by atoms with Crippen LogP contribution in [0.5, 0.6) is 0 Å². The van der Waals surface area contributed by atoms with Crippen LogP contribution < -0.4 is 5.73 Å². The van der Waals surface area contributed by atoms with Crippen molar-refractivity contribution in [3.05, 3.63) is 0 Å². The lowest BCUT2D eigenvalue weighted by Gasteiger charge is -2.39. The van der Waals surface area contributed by atoms with Crippen LogP contribution in [0.15, 0.2) is 0 Å². The van der Waals surface area contributed by atoms with Gasteiger partial charge in [-0.05, 0) is 55.4 Å². The van der Waals surface area contributed by atoms with Crippen LogP contribution in [-0.4, -0.2) is 29.9 Å². The number of rotatable bonds is 2. The third-order valence-corrected chi connectivity index (χ3v) is 5.98. The lowest BCUT2D eigenvalue weighted by Crippen LogP contribution is -2.42. The van der Waals surface area contributed by atoms with E-state index in [0.29, 0.717) is 35.2 Å². The molecule has 0 aromatic carbocycles. The van der Waals surface area contributed by atoms with Crippen molar-refractivity contribution in [2.45, 2.75) is 65.3 Å². The van der Waals surface area contributed by atoms with Crippen LogP contribution in [0.2, 0.25) is 0 Å². The SMILES string of the molecule is CC1(C)CC2CC(C)(CN2C(=O)[C@@H]2CCC[C@@H]2CN)C1.Cl. The molecule has 0 radical (unpaired) electrons. The Bertz CT molecular complexity index is 412. The highest BCUT2D eigenvalue weighted by atomic mass is 35.5. The van der Waals surface area contributed by atoms with Gasteiger partial charge in [0.25, 0.3) is 0 Å². The summed E-state index contributed by atoms with van der Waals surface area (Å²) in [7, 11) is 0. The molecule has 122 valence electrons. The number of nitrogens with zero attached hydrogens (tertiary/aromatic N) is 1. The van der Waals surface area contributed by atoms with Gasteiger partial charge in [-0.2, -0.15) is 0 Å². The quantitative estimate of drug-likeness (QED) is 0.850. The number of fused-ring (bicyclic) bond motifs is 2. The maximum atomic E-state index is 13.0. The van der Waals surface area contributed by atoms with Gasteiger partial charge in [-0.15, -0.1) is 12.4 Å². The monoisotopic (exact) mass is 314 g/mol. The molecular formula is C17H31ClN2O. The van der Waals surface area contributed by atoms with Crippen LogP contribution in [-0.2, 0) is 4.79 Å². The van der Waals surface area contributed by atoms with Gasteiger partial charge in [0.1, 0.15) is 0 Å². The van der Waals surface area contributed by atoms with E-state index in [1.165, 1.54) is 25.7 Å². The Morgan fingerprint density at radius 1 is 1.24 bits per heavy atom. The van der Waals surface area contributed by atoms with Crippen LogP contribution in [0.4, 0.5) is 0 Å². The lowest BCUT2D eigenvalue weighted by atomic mass is 9.65. The molecule has 1 amide bonds. The van der Waals surface area contributed by atoms with Crippen molar-refractivity contribution in [1.29, 1.82) is 0 Å². The van der Waals surface area contributed by atoms with Crippen molar-refractivity contribution in [2.75, 3.05) is 13.1 Å². The van der Waals surface area contributed by atoms with Crippen molar-refractivity contribution in [3.8, 4) is 0 Å². The number of amides is 1. The highest BCUT2D eigenvalue weighted by Gasteiger charge is 2.52. The molecule has 0 spiro atoms. The molecule has 2 unspecified atom stereocenters. The third kappa shape index (κ3) is 3.10. The summed E-state index contributed by atoms with van der Waals surface area (Å²) < 4.78 is 0. The predicted molar refractivity (Wildman–Crippen MR) is 88.4 cm³/mol. The highest BCUT2D eigenvalue weighted by Crippen LogP contribution is 2.53. The Morgan fingerprint density at radius 3 is 2.62 bits per heavy atom. The Labute approximate surface area is 135 Å². The molecule has 3 fully saturated rings. The molecule has 3 nitrogen and oxygen atoms in total. The second-order valence-corrected chi connectivity index (χ2v) is 8.71. The number of hydrogen-bond donors (Lipinski definition) is 1. The number of carbonyl (C=O) groups is 1. The summed E-state index contributed by atoms with van der Waals surface area (Å²) in [6.45, 7) is 8.77. The Balaban J connectivity index is 0.00000161. The number of halogens is 1. The van der Waals surface area contributed by atoms with Gasteiger partial charge in [0.2, 0.25) is 5.91 Å². The van der Waals surface area contributed by atoms with E-state index in [1.54, 1.807) is 0 Å². The first-order valence-electron chi connectivity index (χ1n) is 8.34. The Hall–Kier alpha value is -0.280. The average molecular weight is 315 g/mol. The minimum absolute atomic E-state index is 0. The molecule has 21 heavy (non-hydrogen) atoms. The maximum absolute atomic E-state index is 13.0. The summed E-state index contributed by atoms with van der Waals surface area (Å²) in [5.41, 5.74) is 6.60. The van der Waals surface area contributed by atoms with Crippen LogP contribution in [0.3, 0.4) is 0 Å². The van der Waals surface area contributed by atoms with E-state index >= 15 is 0 Å². The molecule has 4 atom stereocenters. The van der Waals surface area contributed by atoms with E-state index in [2.05, 4.69) is 25.7 Å². The van der Waals surface area contributed by atoms with E-state index < -0.39 is 0 Å². The topological polar surface area (TPSA) is 46.3 Å². The fraction of sp³-hybridized carbons (Fsp3) is 0.941. The number of hydrogen-bond acceptors (Lipinski definition) is 2. The zero-order valence-corrected chi connectivity index (χ0v) is 14.5. The Kier molecular flexibility index (Phi) is 4.66. The summed E-state index contributed by atoms with van der Waals surface area (Å²) in [6.07, 6.45) is 7.03. The van der Waals surface area contributed by atoms with Crippen LogP contribution in [0, 0.1) is 22.7 Å². The van der Waals surface area contributed by atoms with Gasteiger partial charge >= 0.3 is 0 Å². The van der Waals surface area contributed by atoms with Crippen molar-refractivity contribution < 1.29 is 4.79 Å². The first-order valence-corrected chi connectivity index (χ1v) is 8.34. The van der Waals surface area contributed by atoms with Crippen molar-refractivity contribution in [2.24, 2.45) is 28.4 Å². The van der Waals surface area contributed by atoms with E-state index in [4.69, 9.17) is 5.73 Å². The standard InChI is InChI=1S/C17H30N2O.ClH/c1-16(2)7-13-8-17(3,10-16)11-19(13)15(20)14-6-4-5-12(14)9-18;/h12-14H,4-11,18H2,1-3H3;1H/t12-,13?,14-,17?;/m1./s1. The fourth-order valence-corrected chi connectivity index (χ4v) is 5.57. The number of carbonyl (C=O) groups excluding carboxylic acids is 1. The smallest absolute Gasteiger partial charge is 0.226 e. The van der Waals surface area contributed by atoms with Crippen molar-refractivity contribution in [1.82, 2.24) is 4.90 Å². The summed E-state index contributed by atoms with van der Waals surface area (Å²) in [5.74, 6) is 1.07. The molecule has 1 heterocycles. The van der Waals surface area contributed by atoms with Crippen LogP contribution >= 0.6 is 12.4 Å². The largest absolute Gasteiger partial charge is 0.339 e. The van der Waals surface area contributed by atoms with Gasteiger partial charge in [-0.25, -0.2) is 0 Å². The molecule has 1 saturated heterocycles. The number of likely N-dealkylation sites (tertiary alicyclic amines) is 1. The second-order valence-electron chi connectivity index (χ2n) is 8.71. The molecule has 0 aromatic heterocycles. The van der Waals surface area contributed by atoms with Gasteiger partial charge in [-0.3, -0.25) is 4.79 Å². The van der Waals surface area contributed by atoms with E-state index in [-0.39, 0.29) is 18.3 Å². The van der Waals surface area contributed by atoms with Crippen LogP contribution in [0.1, 0.15) is 59.3 Å². The van der Waals surface area contributed by atoms with Gasteiger partial charge < -0.3 is 10.6 Å². The minimum Gasteiger partial charge on any atom is -0.339 e.